The average Bonchev–Trinajstić information content (AvgIpc) is 3.38. The number of hydrogen-bond acceptors (Lipinski definition) is 7. The minimum Gasteiger partial charge on any atom is -0.419 e. The normalized spacial score (nSPS) is 17.7. The third-order valence-electron chi connectivity index (χ3n) is 5.76. The maximum absolute atomic E-state index is 13.4. The van der Waals surface area contributed by atoms with Gasteiger partial charge in [0, 0.05) is 23.0 Å². The Labute approximate surface area is 195 Å². The molecule has 1 saturated carbocycles. The Balaban J connectivity index is 1.36. The standard InChI is InChI=1S/C24H22ClN5O3/c1-15(31)21-13-20(28-30(21)19-5-3-2-4-6-19)24(32)29(18-11-12-18)14-22-26-27-23(33-22)16-7-9-17(25)10-8-16/h2-10,18,21H,11-14H2,1H3. The van der Waals surface area contributed by atoms with Crippen LogP contribution in [0.5, 0.6) is 0 Å². The second-order valence-electron chi connectivity index (χ2n) is 8.23. The fraction of sp³-hybridized carbons (Fsp3) is 0.292. The molecule has 2 aliphatic rings. The van der Waals surface area contributed by atoms with E-state index in [9.17, 15) is 9.59 Å². The Kier molecular flexibility index (Phi) is 5.68. The molecule has 1 fully saturated rings. The number of hydrogen-bond donors (Lipinski definition) is 0. The van der Waals surface area contributed by atoms with Crippen LogP contribution in [0.1, 0.15) is 32.1 Å². The molecule has 9 heteroatoms. The van der Waals surface area contributed by atoms with Gasteiger partial charge in [0.2, 0.25) is 11.8 Å². The highest BCUT2D eigenvalue weighted by Gasteiger charge is 2.40. The number of ketones is 1. The minimum atomic E-state index is -0.493. The molecule has 33 heavy (non-hydrogen) atoms. The highest BCUT2D eigenvalue weighted by Crippen LogP contribution is 2.32. The van der Waals surface area contributed by atoms with E-state index in [0.29, 0.717) is 22.5 Å². The van der Waals surface area contributed by atoms with Crippen LogP contribution in [0.25, 0.3) is 11.5 Å². The second kappa shape index (κ2) is 8.78. The highest BCUT2D eigenvalue weighted by molar-refractivity contribution is 6.40. The number of halogens is 1. The quantitative estimate of drug-likeness (QED) is 0.523. The molecule has 168 valence electrons. The van der Waals surface area contributed by atoms with Gasteiger partial charge < -0.3 is 9.32 Å². The summed E-state index contributed by atoms with van der Waals surface area (Å²) in [4.78, 5) is 27.5. The van der Waals surface area contributed by atoms with Crippen molar-refractivity contribution in [1.29, 1.82) is 0 Å². The summed E-state index contributed by atoms with van der Waals surface area (Å²) >= 11 is 5.94. The first kappa shape index (κ1) is 21.3. The van der Waals surface area contributed by atoms with Gasteiger partial charge in [-0.15, -0.1) is 10.2 Å². The van der Waals surface area contributed by atoms with Crippen LogP contribution in [0.2, 0.25) is 5.02 Å². The molecule has 1 atom stereocenters. The average molecular weight is 464 g/mol. The number of aromatic nitrogens is 2. The van der Waals surface area contributed by atoms with E-state index in [-0.39, 0.29) is 30.7 Å². The molecule has 2 heterocycles. The van der Waals surface area contributed by atoms with Crippen LogP contribution in [0.3, 0.4) is 0 Å². The van der Waals surface area contributed by atoms with Gasteiger partial charge in [0.25, 0.3) is 5.91 Å². The number of amides is 1. The molecule has 1 unspecified atom stereocenters. The molecule has 1 aliphatic carbocycles. The van der Waals surface area contributed by atoms with Crippen molar-refractivity contribution in [3.8, 4) is 11.5 Å². The Morgan fingerprint density at radius 1 is 1.09 bits per heavy atom. The summed E-state index contributed by atoms with van der Waals surface area (Å²) in [6.07, 6.45) is 2.09. The number of carbonyl (C=O) groups is 2. The lowest BCUT2D eigenvalue weighted by atomic mass is 10.1. The van der Waals surface area contributed by atoms with Crippen molar-refractivity contribution in [1.82, 2.24) is 15.1 Å². The van der Waals surface area contributed by atoms with Gasteiger partial charge in [-0.25, -0.2) is 0 Å². The summed E-state index contributed by atoms with van der Waals surface area (Å²) in [6, 6.07) is 16.1. The maximum atomic E-state index is 13.4. The molecular formula is C24H22ClN5O3. The first-order valence-corrected chi connectivity index (χ1v) is 11.2. The number of carbonyl (C=O) groups excluding carboxylic acids is 2. The van der Waals surface area contributed by atoms with Gasteiger partial charge in [-0.05, 0) is 56.2 Å². The van der Waals surface area contributed by atoms with E-state index in [0.717, 1.165) is 24.1 Å². The summed E-state index contributed by atoms with van der Waals surface area (Å²) in [5.74, 6) is 0.484. The van der Waals surface area contributed by atoms with Crippen LogP contribution in [0, 0.1) is 0 Å². The lowest BCUT2D eigenvalue weighted by Crippen LogP contribution is -2.38. The first-order chi connectivity index (χ1) is 16.0. The summed E-state index contributed by atoms with van der Waals surface area (Å²) in [5.41, 5.74) is 1.90. The van der Waals surface area contributed by atoms with Gasteiger partial charge in [-0.3, -0.25) is 14.6 Å². The van der Waals surface area contributed by atoms with Crippen molar-refractivity contribution in [2.75, 3.05) is 5.01 Å². The number of Topliss-reactive ketones (excluding diaryl/α,β-unsaturated/α-hetero) is 1. The third kappa shape index (κ3) is 4.52. The molecule has 1 aliphatic heterocycles. The SMILES string of the molecule is CC(=O)C1CC(C(=O)N(Cc2nnc(-c3ccc(Cl)cc3)o2)C2CC2)=NN1c1ccccc1. The zero-order chi connectivity index (χ0) is 22.9. The second-order valence-corrected chi connectivity index (χ2v) is 8.67. The van der Waals surface area contributed by atoms with E-state index in [1.54, 1.807) is 34.2 Å². The van der Waals surface area contributed by atoms with Crippen LogP contribution in [0.4, 0.5) is 5.69 Å². The molecule has 0 saturated heterocycles. The van der Waals surface area contributed by atoms with E-state index >= 15 is 0 Å². The molecule has 1 aromatic heterocycles. The smallest absolute Gasteiger partial charge is 0.270 e. The summed E-state index contributed by atoms with van der Waals surface area (Å²) in [5, 5.41) is 15.1. The minimum absolute atomic E-state index is 0.0344. The Bertz CT molecular complexity index is 1200. The number of para-hydroxylation sites is 1. The maximum Gasteiger partial charge on any atom is 0.270 e. The van der Waals surface area contributed by atoms with E-state index < -0.39 is 6.04 Å². The third-order valence-corrected chi connectivity index (χ3v) is 6.01. The summed E-state index contributed by atoms with van der Waals surface area (Å²) in [6.45, 7) is 1.72. The van der Waals surface area contributed by atoms with E-state index in [4.69, 9.17) is 16.0 Å². The molecular weight excluding hydrogens is 442 g/mol. The first-order valence-electron chi connectivity index (χ1n) is 10.8. The van der Waals surface area contributed by atoms with Gasteiger partial charge in [-0.1, -0.05) is 29.8 Å². The summed E-state index contributed by atoms with van der Waals surface area (Å²) in [7, 11) is 0. The Hall–Kier alpha value is -3.52. The monoisotopic (exact) mass is 463 g/mol. The van der Waals surface area contributed by atoms with Crippen molar-refractivity contribution in [2.45, 2.75) is 44.8 Å². The van der Waals surface area contributed by atoms with Crippen LogP contribution in [-0.2, 0) is 16.1 Å². The lowest BCUT2D eigenvalue weighted by Gasteiger charge is -2.20. The van der Waals surface area contributed by atoms with Gasteiger partial charge in [0.1, 0.15) is 11.8 Å². The zero-order valence-electron chi connectivity index (χ0n) is 18.0. The van der Waals surface area contributed by atoms with Crippen molar-refractivity contribution < 1.29 is 14.0 Å². The number of anilines is 1. The van der Waals surface area contributed by atoms with Crippen molar-refractivity contribution >= 4 is 34.7 Å². The number of nitrogens with zero attached hydrogens (tertiary/aromatic N) is 5. The molecule has 0 spiro atoms. The van der Waals surface area contributed by atoms with E-state index in [2.05, 4.69) is 15.3 Å². The van der Waals surface area contributed by atoms with Crippen molar-refractivity contribution in [2.24, 2.45) is 5.10 Å². The van der Waals surface area contributed by atoms with Gasteiger partial charge in [-0.2, -0.15) is 5.10 Å². The highest BCUT2D eigenvalue weighted by atomic mass is 35.5. The zero-order valence-corrected chi connectivity index (χ0v) is 18.8. The van der Waals surface area contributed by atoms with Crippen LogP contribution < -0.4 is 5.01 Å². The molecule has 0 radical (unpaired) electrons. The van der Waals surface area contributed by atoms with Gasteiger partial charge in [0.15, 0.2) is 5.78 Å². The molecule has 1 amide bonds. The molecule has 3 aromatic rings. The lowest BCUT2D eigenvalue weighted by molar-refractivity contribution is -0.125. The number of rotatable bonds is 7. The molecule has 0 bridgehead atoms. The summed E-state index contributed by atoms with van der Waals surface area (Å²) < 4.78 is 5.82. The Morgan fingerprint density at radius 3 is 2.48 bits per heavy atom. The fourth-order valence-corrected chi connectivity index (χ4v) is 3.99. The van der Waals surface area contributed by atoms with E-state index in [1.165, 1.54) is 6.92 Å². The van der Waals surface area contributed by atoms with Crippen molar-refractivity contribution in [3.63, 3.8) is 0 Å². The molecule has 0 N–H and O–H groups in total. The van der Waals surface area contributed by atoms with E-state index in [1.807, 2.05) is 30.3 Å². The predicted octanol–water partition coefficient (Wildman–Crippen LogP) is 4.10. The van der Waals surface area contributed by atoms with Gasteiger partial charge >= 0.3 is 0 Å². The number of hydrazone groups is 1. The predicted molar refractivity (Wildman–Crippen MR) is 124 cm³/mol. The molecule has 8 nitrogen and oxygen atoms in total. The van der Waals surface area contributed by atoms with Crippen LogP contribution in [0.15, 0.2) is 64.1 Å². The fourth-order valence-electron chi connectivity index (χ4n) is 3.87. The number of benzene rings is 2. The largest absolute Gasteiger partial charge is 0.419 e. The van der Waals surface area contributed by atoms with Crippen LogP contribution in [-0.4, -0.2) is 44.6 Å². The van der Waals surface area contributed by atoms with Gasteiger partial charge in [0.05, 0.1) is 12.2 Å². The van der Waals surface area contributed by atoms with Crippen LogP contribution >= 0.6 is 11.6 Å². The topological polar surface area (TPSA) is 91.9 Å². The Morgan fingerprint density at radius 2 is 1.82 bits per heavy atom. The molecule has 5 rings (SSSR count). The van der Waals surface area contributed by atoms with Crippen molar-refractivity contribution in [3.05, 3.63) is 65.5 Å². The molecule has 2 aromatic carbocycles.